The van der Waals surface area contributed by atoms with Gasteiger partial charge in [0.1, 0.15) is 17.9 Å². The van der Waals surface area contributed by atoms with Gasteiger partial charge in [-0.15, -0.1) is 0 Å². The van der Waals surface area contributed by atoms with Crippen LogP contribution in [0.25, 0.3) is 5.82 Å². The maximum Gasteiger partial charge on any atom is 0.258 e. The molecule has 2 aromatic heterocycles. The molecule has 0 fully saturated rings. The Balaban J connectivity index is 1.49. The van der Waals surface area contributed by atoms with Crippen molar-refractivity contribution in [2.24, 2.45) is 0 Å². The summed E-state index contributed by atoms with van der Waals surface area (Å²) in [4.78, 5) is 20.3. The average molecular weight is 336 g/mol. The number of amides is 1. The number of ether oxygens (including phenoxy) is 1. The second kappa shape index (κ2) is 7.61. The number of carbonyl (C=O) groups is 1. The fourth-order valence-corrected chi connectivity index (χ4v) is 2.42. The second-order valence-electron chi connectivity index (χ2n) is 5.83. The van der Waals surface area contributed by atoms with Gasteiger partial charge in [0.15, 0.2) is 6.61 Å². The molecule has 0 atom stereocenters. The molecule has 1 N–H and O–H groups in total. The van der Waals surface area contributed by atoms with Crippen molar-refractivity contribution in [3.05, 3.63) is 71.9 Å². The SMILES string of the molecule is Cc1ccc(OCC(=O)NCc2ccc(-n3ccnc3)nc2)c(C)c1. The number of benzene rings is 1. The fourth-order valence-electron chi connectivity index (χ4n) is 2.42. The van der Waals surface area contributed by atoms with Crippen LogP contribution in [-0.4, -0.2) is 27.0 Å². The van der Waals surface area contributed by atoms with Crippen LogP contribution in [0.3, 0.4) is 0 Å². The molecule has 0 saturated heterocycles. The van der Waals surface area contributed by atoms with Crippen molar-refractivity contribution in [1.82, 2.24) is 19.9 Å². The van der Waals surface area contributed by atoms with Crippen LogP contribution in [0.1, 0.15) is 16.7 Å². The molecule has 128 valence electrons. The van der Waals surface area contributed by atoms with Gasteiger partial charge in [0.2, 0.25) is 0 Å². The first-order valence-electron chi connectivity index (χ1n) is 8.02. The Bertz CT molecular complexity index is 842. The Labute approximate surface area is 146 Å². The first-order chi connectivity index (χ1) is 12.1. The van der Waals surface area contributed by atoms with Gasteiger partial charge in [-0.2, -0.15) is 0 Å². The molecule has 1 amide bonds. The highest BCUT2D eigenvalue weighted by molar-refractivity contribution is 5.77. The van der Waals surface area contributed by atoms with Gasteiger partial charge in [-0.05, 0) is 37.1 Å². The van der Waals surface area contributed by atoms with Crippen LogP contribution in [0.15, 0.2) is 55.2 Å². The second-order valence-corrected chi connectivity index (χ2v) is 5.83. The van der Waals surface area contributed by atoms with E-state index in [4.69, 9.17) is 4.74 Å². The Morgan fingerprint density at radius 2 is 2.12 bits per heavy atom. The van der Waals surface area contributed by atoms with Crippen LogP contribution in [0, 0.1) is 13.8 Å². The minimum atomic E-state index is -0.168. The molecule has 3 rings (SSSR count). The summed E-state index contributed by atoms with van der Waals surface area (Å²) < 4.78 is 7.39. The Hall–Kier alpha value is -3.15. The lowest BCUT2D eigenvalue weighted by molar-refractivity contribution is -0.123. The summed E-state index contributed by atoms with van der Waals surface area (Å²) in [6, 6.07) is 9.69. The van der Waals surface area contributed by atoms with E-state index in [9.17, 15) is 4.79 Å². The quantitative estimate of drug-likeness (QED) is 0.751. The van der Waals surface area contributed by atoms with E-state index in [1.165, 1.54) is 5.56 Å². The van der Waals surface area contributed by atoms with Crippen molar-refractivity contribution in [1.29, 1.82) is 0 Å². The molecule has 0 aliphatic carbocycles. The summed E-state index contributed by atoms with van der Waals surface area (Å²) in [6.07, 6.45) is 6.95. The van der Waals surface area contributed by atoms with Gasteiger partial charge >= 0.3 is 0 Å². The third kappa shape index (κ3) is 4.44. The van der Waals surface area contributed by atoms with Crippen molar-refractivity contribution in [2.75, 3.05) is 6.61 Å². The van der Waals surface area contributed by atoms with E-state index in [-0.39, 0.29) is 12.5 Å². The van der Waals surface area contributed by atoms with Crippen molar-refractivity contribution < 1.29 is 9.53 Å². The smallest absolute Gasteiger partial charge is 0.258 e. The van der Waals surface area contributed by atoms with E-state index in [1.807, 2.05) is 54.9 Å². The molecule has 25 heavy (non-hydrogen) atoms. The van der Waals surface area contributed by atoms with E-state index in [0.717, 1.165) is 22.7 Å². The zero-order valence-corrected chi connectivity index (χ0v) is 14.3. The fraction of sp³-hybridized carbons (Fsp3) is 0.211. The largest absolute Gasteiger partial charge is 0.484 e. The van der Waals surface area contributed by atoms with Gasteiger partial charge < -0.3 is 10.1 Å². The molecule has 6 nitrogen and oxygen atoms in total. The topological polar surface area (TPSA) is 69.0 Å². The third-order valence-corrected chi connectivity index (χ3v) is 3.76. The molecule has 0 bridgehead atoms. The molecule has 1 aromatic carbocycles. The van der Waals surface area contributed by atoms with Gasteiger partial charge in [-0.3, -0.25) is 9.36 Å². The standard InChI is InChI=1S/C19H20N4O2/c1-14-3-5-17(15(2)9-14)25-12-19(24)22-11-16-4-6-18(21-10-16)23-8-7-20-13-23/h3-10,13H,11-12H2,1-2H3,(H,22,24). The number of pyridine rings is 1. The van der Waals surface area contributed by atoms with Crippen molar-refractivity contribution in [3.8, 4) is 11.6 Å². The number of hydrogen-bond acceptors (Lipinski definition) is 4. The normalized spacial score (nSPS) is 10.5. The molecule has 0 aliphatic rings. The van der Waals surface area contributed by atoms with E-state index in [1.54, 1.807) is 18.7 Å². The monoisotopic (exact) mass is 336 g/mol. The highest BCUT2D eigenvalue weighted by Gasteiger charge is 2.06. The average Bonchev–Trinajstić information content (AvgIpc) is 3.14. The van der Waals surface area contributed by atoms with Gasteiger partial charge in [0.05, 0.1) is 0 Å². The number of rotatable bonds is 6. The summed E-state index contributed by atoms with van der Waals surface area (Å²) in [7, 11) is 0. The van der Waals surface area contributed by atoms with Gasteiger partial charge in [-0.1, -0.05) is 23.8 Å². The maximum absolute atomic E-state index is 12.0. The van der Waals surface area contributed by atoms with Gasteiger partial charge in [0.25, 0.3) is 5.91 Å². The maximum atomic E-state index is 12.0. The van der Waals surface area contributed by atoms with Gasteiger partial charge in [-0.25, -0.2) is 9.97 Å². The molecule has 0 aliphatic heterocycles. The van der Waals surface area contributed by atoms with E-state index < -0.39 is 0 Å². The molecule has 2 heterocycles. The van der Waals surface area contributed by atoms with Crippen LogP contribution in [0.4, 0.5) is 0 Å². The predicted octanol–water partition coefficient (Wildman–Crippen LogP) is 2.58. The van der Waals surface area contributed by atoms with Crippen molar-refractivity contribution >= 4 is 5.91 Å². The number of aromatic nitrogens is 3. The molecule has 0 saturated carbocycles. The number of nitrogens with one attached hydrogen (secondary N) is 1. The molecule has 0 spiro atoms. The van der Waals surface area contributed by atoms with Crippen LogP contribution in [0.2, 0.25) is 0 Å². The first-order valence-corrected chi connectivity index (χ1v) is 8.02. The lowest BCUT2D eigenvalue weighted by atomic mass is 10.1. The van der Waals surface area contributed by atoms with E-state index in [2.05, 4.69) is 15.3 Å². The van der Waals surface area contributed by atoms with Crippen LogP contribution in [-0.2, 0) is 11.3 Å². The number of aryl methyl sites for hydroxylation is 2. The lowest BCUT2D eigenvalue weighted by Crippen LogP contribution is -2.28. The first kappa shape index (κ1) is 16.7. The number of imidazole rings is 1. The summed E-state index contributed by atoms with van der Waals surface area (Å²) in [5.74, 6) is 1.34. The Morgan fingerprint density at radius 3 is 2.80 bits per heavy atom. The highest BCUT2D eigenvalue weighted by atomic mass is 16.5. The molecule has 0 radical (unpaired) electrons. The van der Waals surface area contributed by atoms with Crippen molar-refractivity contribution in [2.45, 2.75) is 20.4 Å². The summed E-state index contributed by atoms with van der Waals surface area (Å²) in [5, 5.41) is 2.83. The zero-order valence-electron chi connectivity index (χ0n) is 14.3. The predicted molar refractivity (Wildman–Crippen MR) is 94.6 cm³/mol. The minimum Gasteiger partial charge on any atom is -0.484 e. The van der Waals surface area contributed by atoms with E-state index in [0.29, 0.717) is 6.54 Å². The zero-order chi connectivity index (χ0) is 17.6. The lowest BCUT2D eigenvalue weighted by Gasteiger charge is -2.10. The molecule has 6 heteroatoms. The molecule has 3 aromatic rings. The Morgan fingerprint density at radius 1 is 1.24 bits per heavy atom. The summed E-state index contributed by atoms with van der Waals surface area (Å²) >= 11 is 0. The minimum absolute atomic E-state index is 0.00947. The van der Waals surface area contributed by atoms with Gasteiger partial charge in [0, 0.05) is 25.1 Å². The molecule has 0 unspecified atom stereocenters. The van der Waals surface area contributed by atoms with Crippen LogP contribution >= 0.6 is 0 Å². The summed E-state index contributed by atoms with van der Waals surface area (Å²) in [6.45, 7) is 4.39. The third-order valence-electron chi connectivity index (χ3n) is 3.76. The van der Waals surface area contributed by atoms with Crippen molar-refractivity contribution in [3.63, 3.8) is 0 Å². The Kier molecular flexibility index (Phi) is 5.09. The highest BCUT2D eigenvalue weighted by Crippen LogP contribution is 2.18. The van der Waals surface area contributed by atoms with Crippen LogP contribution < -0.4 is 10.1 Å². The molecular weight excluding hydrogens is 316 g/mol. The number of carbonyl (C=O) groups excluding carboxylic acids is 1. The molecular formula is C19H20N4O2. The number of hydrogen-bond donors (Lipinski definition) is 1. The van der Waals surface area contributed by atoms with E-state index >= 15 is 0 Å². The summed E-state index contributed by atoms with van der Waals surface area (Å²) in [5.41, 5.74) is 3.11. The number of nitrogens with zero attached hydrogens (tertiary/aromatic N) is 3. The van der Waals surface area contributed by atoms with Crippen LogP contribution in [0.5, 0.6) is 5.75 Å².